The van der Waals surface area contributed by atoms with Crippen LogP contribution in [0.5, 0.6) is 0 Å². The third-order valence-corrected chi connectivity index (χ3v) is 1.83. The molecule has 0 spiro atoms. The molecule has 4 heteroatoms. The molecular weight excluding hydrogens is 156 g/mol. The Morgan fingerprint density at radius 2 is 2.42 bits per heavy atom. The molecule has 1 unspecified atom stereocenters. The van der Waals surface area contributed by atoms with E-state index < -0.39 is 0 Å². The van der Waals surface area contributed by atoms with E-state index in [0.29, 0.717) is 19.6 Å². The van der Waals surface area contributed by atoms with E-state index in [4.69, 9.17) is 10.5 Å². The van der Waals surface area contributed by atoms with Crippen molar-refractivity contribution in [1.29, 1.82) is 0 Å². The summed E-state index contributed by atoms with van der Waals surface area (Å²) >= 11 is 0. The summed E-state index contributed by atoms with van der Waals surface area (Å²) in [6.45, 7) is 3.22. The second-order valence-electron chi connectivity index (χ2n) is 3.32. The first-order valence-corrected chi connectivity index (χ1v) is 4.31. The Morgan fingerprint density at radius 3 is 2.83 bits per heavy atom. The zero-order valence-corrected chi connectivity index (χ0v) is 7.38. The van der Waals surface area contributed by atoms with Gasteiger partial charge in [-0.25, -0.2) is 0 Å². The molecule has 1 saturated heterocycles. The van der Waals surface area contributed by atoms with Crippen LogP contribution in [0, 0.1) is 0 Å². The summed E-state index contributed by atoms with van der Waals surface area (Å²) < 4.78 is 4.92. The minimum absolute atomic E-state index is 0.0839. The van der Waals surface area contributed by atoms with Gasteiger partial charge in [0.1, 0.15) is 0 Å². The molecule has 0 aromatic heterocycles. The number of nitrogens with one attached hydrogen (secondary N) is 1. The molecule has 1 amide bonds. The van der Waals surface area contributed by atoms with Crippen LogP contribution in [0.3, 0.4) is 0 Å². The molecule has 0 radical (unpaired) electrons. The van der Waals surface area contributed by atoms with Crippen molar-refractivity contribution in [3.63, 3.8) is 0 Å². The standard InChI is InChI=1S/C8H16N2O2/c1-6(9)2-3-8(11)10-7-4-12-5-7/h6-7H,2-5,9H2,1H3,(H,10,11). The van der Waals surface area contributed by atoms with Gasteiger partial charge >= 0.3 is 0 Å². The van der Waals surface area contributed by atoms with E-state index in [1.807, 2.05) is 6.92 Å². The fourth-order valence-corrected chi connectivity index (χ4v) is 0.978. The number of hydrogen-bond acceptors (Lipinski definition) is 3. The normalized spacial score (nSPS) is 19.8. The quantitative estimate of drug-likeness (QED) is 0.608. The fraction of sp³-hybridized carbons (Fsp3) is 0.875. The van der Waals surface area contributed by atoms with Crippen LogP contribution >= 0.6 is 0 Å². The van der Waals surface area contributed by atoms with Gasteiger partial charge in [-0.3, -0.25) is 4.79 Å². The summed E-state index contributed by atoms with van der Waals surface area (Å²) in [6.07, 6.45) is 1.27. The highest BCUT2D eigenvalue weighted by Crippen LogP contribution is 2.01. The van der Waals surface area contributed by atoms with E-state index in [1.54, 1.807) is 0 Å². The van der Waals surface area contributed by atoms with Gasteiger partial charge in [-0.1, -0.05) is 0 Å². The zero-order chi connectivity index (χ0) is 8.97. The second kappa shape index (κ2) is 4.42. The van der Waals surface area contributed by atoms with E-state index in [-0.39, 0.29) is 18.0 Å². The first-order chi connectivity index (χ1) is 5.68. The lowest BCUT2D eigenvalue weighted by molar-refractivity contribution is -0.125. The summed E-state index contributed by atoms with van der Waals surface area (Å²) in [5, 5.41) is 2.85. The molecule has 0 aromatic rings. The zero-order valence-electron chi connectivity index (χ0n) is 7.38. The Labute approximate surface area is 72.5 Å². The average molecular weight is 172 g/mol. The van der Waals surface area contributed by atoms with Gasteiger partial charge < -0.3 is 15.8 Å². The monoisotopic (exact) mass is 172 g/mol. The molecule has 1 heterocycles. The third kappa shape index (κ3) is 3.19. The van der Waals surface area contributed by atoms with Crippen molar-refractivity contribution in [2.45, 2.75) is 31.8 Å². The highest BCUT2D eigenvalue weighted by molar-refractivity contribution is 5.76. The van der Waals surface area contributed by atoms with Crippen LogP contribution in [0.25, 0.3) is 0 Å². The Balaban J connectivity index is 2.03. The lowest BCUT2D eigenvalue weighted by atomic mass is 10.2. The van der Waals surface area contributed by atoms with Gasteiger partial charge in [-0.2, -0.15) is 0 Å². The van der Waals surface area contributed by atoms with E-state index in [9.17, 15) is 4.79 Å². The molecule has 1 aliphatic rings. The highest BCUT2D eigenvalue weighted by Gasteiger charge is 2.19. The van der Waals surface area contributed by atoms with E-state index >= 15 is 0 Å². The van der Waals surface area contributed by atoms with Crippen LogP contribution in [-0.2, 0) is 9.53 Å². The SMILES string of the molecule is CC(N)CCC(=O)NC1COC1. The van der Waals surface area contributed by atoms with Crippen LogP contribution in [0.1, 0.15) is 19.8 Å². The molecular formula is C8H16N2O2. The Kier molecular flexibility index (Phi) is 3.49. The average Bonchev–Trinajstić information content (AvgIpc) is 1.93. The largest absolute Gasteiger partial charge is 0.377 e. The van der Waals surface area contributed by atoms with Gasteiger partial charge in [0.25, 0.3) is 0 Å². The van der Waals surface area contributed by atoms with Crippen LogP contribution in [-0.4, -0.2) is 31.2 Å². The van der Waals surface area contributed by atoms with Gasteiger partial charge in [0.05, 0.1) is 19.3 Å². The van der Waals surface area contributed by atoms with Gasteiger partial charge in [-0.05, 0) is 13.3 Å². The molecule has 3 N–H and O–H groups in total. The van der Waals surface area contributed by atoms with E-state index in [1.165, 1.54) is 0 Å². The first kappa shape index (κ1) is 9.48. The number of hydrogen-bond donors (Lipinski definition) is 2. The van der Waals surface area contributed by atoms with Crippen molar-refractivity contribution in [3.8, 4) is 0 Å². The molecule has 1 fully saturated rings. The topological polar surface area (TPSA) is 64.4 Å². The lowest BCUT2D eigenvalue weighted by Crippen LogP contribution is -2.48. The predicted octanol–water partition coefficient (Wildman–Crippen LogP) is -0.371. The minimum Gasteiger partial charge on any atom is -0.377 e. The number of carbonyl (C=O) groups excluding carboxylic acids is 1. The summed E-state index contributed by atoms with van der Waals surface area (Å²) in [4.78, 5) is 11.1. The number of ether oxygens (including phenoxy) is 1. The smallest absolute Gasteiger partial charge is 0.220 e. The molecule has 4 nitrogen and oxygen atoms in total. The number of nitrogens with two attached hydrogens (primary N) is 1. The summed E-state index contributed by atoms with van der Waals surface area (Å²) in [5.74, 6) is 0.0839. The molecule has 12 heavy (non-hydrogen) atoms. The molecule has 0 aliphatic carbocycles. The number of amides is 1. The molecule has 1 aliphatic heterocycles. The first-order valence-electron chi connectivity index (χ1n) is 4.31. The maximum atomic E-state index is 11.1. The Hall–Kier alpha value is -0.610. The molecule has 0 bridgehead atoms. The minimum atomic E-state index is 0.0839. The number of carbonyl (C=O) groups is 1. The van der Waals surface area contributed by atoms with Crippen LogP contribution in [0.4, 0.5) is 0 Å². The van der Waals surface area contributed by atoms with Crippen molar-refractivity contribution in [2.75, 3.05) is 13.2 Å². The van der Waals surface area contributed by atoms with Crippen LogP contribution in [0.15, 0.2) is 0 Å². The highest BCUT2D eigenvalue weighted by atomic mass is 16.5. The number of rotatable bonds is 4. The van der Waals surface area contributed by atoms with Gasteiger partial charge in [0.15, 0.2) is 0 Å². The molecule has 0 saturated carbocycles. The van der Waals surface area contributed by atoms with E-state index in [2.05, 4.69) is 5.32 Å². The fourth-order valence-electron chi connectivity index (χ4n) is 0.978. The van der Waals surface area contributed by atoms with Crippen molar-refractivity contribution in [1.82, 2.24) is 5.32 Å². The van der Waals surface area contributed by atoms with Crippen molar-refractivity contribution >= 4 is 5.91 Å². The third-order valence-electron chi connectivity index (χ3n) is 1.83. The van der Waals surface area contributed by atoms with Gasteiger partial charge in [0.2, 0.25) is 5.91 Å². The Bertz CT molecular complexity index is 155. The van der Waals surface area contributed by atoms with Crippen molar-refractivity contribution in [3.05, 3.63) is 0 Å². The lowest BCUT2D eigenvalue weighted by Gasteiger charge is -2.26. The molecule has 1 atom stereocenters. The maximum Gasteiger partial charge on any atom is 0.220 e. The second-order valence-corrected chi connectivity index (χ2v) is 3.32. The van der Waals surface area contributed by atoms with Crippen LogP contribution in [0.2, 0.25) is 0 Å². The van der Waals surface area contributed by atoms with Crippen molar-refractivity contribution in [2.24, 2.45) is 5.73 Å². The summed E-state index contributed by atoms with van der Waals surface area (Å²) in [6, 6.07) is 0.346. The van der Waals surface area contributed by atoms with Gasteiger partial charge in [-0.15, -0.1) is 0 Å². The predicted molar refractivity (Wildman–Crippen MR) is 45.6 cm³/mol. The summed E-state index contributed by atoms with van der Waals surface area (Å²) in [5.41, 5.74) is 5.51. The van der Waals surface area contributed by atoms with Crippen LogP contribution < -0.4 is 11.1 Å². The van der Waals surface area contributed by atoms with Crippen molar-refractivity contribution < 1.29 is 9.53 Å². The Morgan fingerprint density at radius 1 is 1.75 bits per heavy atom. The molecule has 70 valence electrons. The van der Waals surface area contributed by atoms with E-state index in [0.717, 1.165) is 6.42 Å². The molecule has 1 rings (SSSR count). The maximum absolute atomic E-state index is 11.1. The summed E-state index contributed by atoms with van der Waals surface area (Å²) in [7, 11) is 0. The molecule has 0 aromatic carbocycles. The van der Waals surface area contributed by atoms with Gasteiger partial charge in [0, 0.05) is 12.5 Å².